The summed E-state index contributed by atoms with van der Waals surface area (Å²) < 4.78 is 2.95. The molecule has 0 spiro atoms. The minimum atomic E-state index is 0.452. The van der Waals surface area contributed by atoms with Gasteiger partial charge in [-0.1, -0.05) is 25.4 Å². The van der Waals surface area contributed by atoms with Crippen LogP contribution < -0.4 is 0 Å². The molecule has 2 aromatic heterocycles. The number of halogens is 1. The van der Waals surface area contributed by atoms with Crippen molar-refractivity contribution in [2.75, 3.05) is 0 Å². The van der Waals surface area contributed by atoms with Gasteiger partial charge in [-0.25, -0.2) is 4.98 Å². The van der Waals surface area contributed by atoms with Crippen LogP contribution in [-0.2, 0) is 0 Å². The third-order valence-electron chi connectivity index (χ3n) is 4.04. The van der Waals surface area contributed by atoms with Crippen LogP contribution in [0.5, 0.6) is 0 Å². The maximum atomic E-state index is 5.99. The van der Waals surface area contributed by atoms with Crippen molar-refractivity contribution in [1.82, 2.24) is 14.5 Å². The van der Waals surface area contributed by atoms with E-state index in [1.54, 1.807) is 6.20 Å². The van der Waals surface area contributed by atoms with Gasteiger partial charge < -0.3 is 4.98 Å². The fourth-order valence-corrected chi connectivity index (χ4v) is 3.95. The van der Waals surface area contributed by atoms with Gasteiger partial charge in [-0.15, -0.1) is 0 Å². The summed E-state index contributed by atoms with van der Waals surface area (Å²) in [5, 5.41) is 0.640. The van der Waals surface area contributed by atoms with Gasteiger partial charge in [0.05, 0.1) is 10.5 Å². The van der Waals surface area contributed by atoms with Gasteiger partial charge in [-0.2, -0.15) is 0 Å². The van der Waals surface area contributed by atoms with Crippen molar-refractivity contribution < 1.29 is 0 Å². The Morgan fingerprint density at radius 2 is 2.00 bits per heavy atom. The molecule has 2 atom stereocenters. The van der Waals surface area contributed by atoms with Crippen molar-refractivity contribution in [2.45, 2.75) is 39.2 Å². The monoisotopic (exact) mass is 295 g/mol. The summed E-state index contributed by atoms with van der Waals surface area (Å²) in [6.45, 7) is 4.65. The largest absolute Gasteiger partial charge is 0.329 e. The maximum Gasteiger partial charge on any atom is 0.179 e. The Labute approximate surface area is 123 Å². The van der Waals surface area contributed by atoms with E-state index in [9.17, 15) is 0 Å². The molecule has 102 valence electrons. The fourth-order valence-electron chi connectivity index (χ4n) is 3.44. The molecule has 1 saturated carbocycles. The van der Waals surface area contributed by atoms with Crippen LogP contribution in [0.15, 0.2) is 12.3 Å². The molecule has 0 aliphatic heterocycles. The lowest BCUT2D eigenvalue weighted by Crippen LogP contribution is -2.22. The normalized spacial score (nSPS) is 27.8. The van der Waals surface area contributed by atoms with E-state index in [2.05, 4.69) is 28.4 Å². The van der Waals surface area contributed by atoms with E-state index in [0.717, 1.165) is 27.8 Å². The first-order valence-corrected chi connectivity index (χ1v) is 7.59. The minimum absolute atomic E-state index is 0.452. The van der Waals surface area contributed by atoms with Crippen LogP contribution >= 0.6 is 23.8 Å². The molecule has 0 radical (unpaired) electrons. The SMILES string of the molecule is CC1CC(C)CC(n2c(=S)[nH]c3cc(Cl)cnc32)C1. The van der Waals surface area contributed by atoms with E-state index in [-0.39, 0.29) is 0 Å². The number of hydrogen-bond donors (Lipinski definition) is 1. The van der Waals surface area contributed by atoms with Crippen molar-refractivity contribution in [3.63, 3.8) is 0 Å². The van der Waals surface area contributed by atoms with E-state index in [4.69, 9.17) is 23.8 Å². The van der Waals surface area contributed by atoms with Crippen molar-refractivity contribution >= 4 is 35.0 Å². The molecule has 0 amide bonds. The van der Waals surface area contributed by atoms with Crippen molar-refractivity contribution in [3.8, 4) is 0 Å². The molecular formula is C14H18ClN3S. The number of rotatable bonds is 1. The molecule has 2 heterocycles. The van der Waals surface area contributed by atoms with Crippen molar-refractivity contribution in [2.24, 2.45) is 11.8 Å². The lowest BCUT2D eigenvalue weighted by molar-refractivity contribution is 0.223. The van der Waals surface area contributed by atoms with Crippen LogP contribution in [0.2, 0.25) is 5.02 Å². The molecule has 1 aliphatic rings. The highest BCUT2D eigenvalue weighted by Crippen LogP contribution is 2.37. The molecule has 1 aliphatic carbocycles. The first-order chi connectivity index (χ1) is 9.04. The maximum absolute atomic E-state index is 5.99. The van der Waals surface area contributed by atoms with Gasteiger partial charge in [-0.05, 0) is 49.4 Å². The van der Waals surface area contributed by atoms with Gasteiger partial charge in [0.1, 0.15) is 0 Å². The second kappa shape index (κ2) is 4.91. The number of nitrogens with zero attached hydrogens (tertiary/aromatic N) is 2. The van der Waals surface area contributed by atoms with Crippen LogP contribution in [0, 0.1) is 16.6 Å². The lowest BCUT2D eigenvalue weighted by atomic mass is 9.80. The van der Waals surface area contributed by atoms with E-state index in [1.165, 1.54) is 19.3 Å². The molecule has 0 bridgehead atoms. The first-order valence-electron chi connectivity index (χ1n) is 6.80. The Morgan fingerprint density at radius 1 is 1.32 bits per heavy atom. The summed E-state index contributed by atoms with van der Waals surface area (Å²) in [6, 6.07) is 2.35. The summed E-state index contributed by atoms with van der Waals surface area (Å²) in [6.07, 6.45) is 5.36. The van der Waals surface area contributed by atoms with E-state index < -0.39 is 0 Å². The average molecular weight is 296 g/mol. The average Bonchev–Trinajstić information content (AvgIpc) is 2.62. The lowest BCUT2D eigenvalue weighted by Gasteiger charge is -2.32. The number of aromatic nitrogens is 3. The van der Waals surface area contributed by atoms with Crippen LogP contribution in [0.4, 0.5) is 0 Å². The van der Waals surface area contributed by atoms with E-state index in [1.807, 2.05) is 6.07 Å². The molecule has 2 aromatic rings. The zero-order valence-electron chi connectivity index (χ0n) is 11.2. The van der Waals surface area contributed by atoms with Gasteiger partial charge in [-0.3, -0.25) is 4.57 Å². The Morgan fingerprint density at radius 3 is 2.68 bits per heavy atom. The predicted octanol–water partition coefficient (Wildman–Crippen LogP) is 4.74. The molecule has 5 heteroatoms. The minimum Gasteiger partial charge on any atom is -0.329 e. The quantitative estimate of drug-likeness (QED) is 0.771. The molecule has 1 N–H and O–H groups in total. The number of imidazole rings is 1. The van der Waals surface area contributed by atoms with Crippen molar-refractivity contribution in [1.29, 1.82) is 0 Å². The second-order valence-electron chi connectivity index (χ2n) is 5.90. The number of nitrogens with one attached hydrogen (secondary N) is 1. The smallest absolute Gasteiger partial charge is 0.179 e. The summed E-state index contributed by atoms with van der Waals surface area (Å²) in [7, 11) is 0. The highest BCUT2D eigenvalue weighted by atomic mass is 35.5. The van der Waals surface area contributed by atoms with Crippen LogP contribution in [-0.4, -0.2) is 14.5 Å². The molecule has 2 unspecified atom stereocenters. The zero-order chi connectivity index (χ0) is 13.6. The molecule has 1 fully saturated rings. The Bertz CT molecular complexity index is 650. The molecule has 3 rings (SSSR count). The fraction of sp³-hybridized carbons (Fsp3) is 0.571. The Hall–Kier alpha value is -0.870. The zero-order valence-corrected chi connectivity index (χ0v) is 12.8. The number of aromatic amines is 1. The predicted molar refractivity (Wildman–Crippen MR) is 81.1 cm³/mol. The van der Waals surface area contributed by atoms with Crippen molar-refractivity contribution in [3.05, 3.63) is 22.1 Å². The van der Waals surface area contributed by atoms with Gasteiger partial charge in [0.25, 0.3) is 0 Å². The number of pyridine rings is 1. The topological polar surface area (TPSA) is 33.6 Å². The molecule has 0 aromatic carbocycles. The van der Waals surface area contributed by atoms with E-state index in [0.29, 0.717) is 11.1 Å². The molecule has 3 nitrogen and oxygen atoms in total. The summed E-state index contributed by atoms with van der Waals surface area (Å²) in [4.78, 5) is 7.69. The summed E-state index contributed by atoms with van der Waals surface area (Å²) in [5.74, 6) is 1.49. The number of H-pyrrole nitrogens is 1. The highest BCUT2D eigenvalue weighted by Gasteiger charge is 2.27. The molecular weight excluding hydrogens is 278 g/mol. The third-order valence-corrected chi connectivity index (χ3v) is 4.55. The van der Waals surface area contributed by atoms with Gasteiger partial charge >= 0.3 is 0 Å². The third kappa shape index (κ3) is 2.43. The summed E-state index contributed by atoms with van der Waals surface area (Å²) >= 11 is 11.5. The van der Waals surface area contributed by atoms with Crippen LogP contribution in [0.25, 0.3) is 11.2 Å². The van der Waals surface area contributed by atoms with Gasteiger partial charge in [0, 0.05) is 12.2 Å². The molecule has 0 saturated heterocycles. The van der Waals surface area contributed by atoms with Crippen LogP contribution in [0.3, 0.4) is 0 Å². The standard InChI is InChI=1S/C14H18ClN3S/c1-8-3-9(2)5-11(4-8)18-13-12(17-14(18)19)6-10(15)7-16-13/h6-9,11H,3-5H2,1-2H3,(H,17,19). The number of hydrogen-bond acceptors (Lipinski definition) is 2. The van der Waals surface area contributed by atoms with Crippen LogP contribution in [0.1, 0.15) is 39.2 Å². The Balaban J connectivity index is 2.09. The summed E-state index contributed by atoms with van der Waals surface area (Å²) in [5.41, 5.74) is 1.86. The first kappa shape index (κ1) is 13.1. The molecule has 19 heavy (non-hydrogen) atoms. The van der Waals surface area contributed by atoms with Gasteiger partial charge in [0.15, 0.2) is 10.4 Å². The van der Waals surface area contributed by atoms with Gasteiger partial charge in [0.2, 0.25) is 0 Å². The Kier molecular flexibility index (Phi) is 3.39. The van der Waals surface area contributed by atoms with E-state index >= 15 is 0 Å². The number of fused-ring (bicyclic) bond motifs is 1. The second-order valence-corrected chi connectivity index (χ2v) is 6.72. The highest BCUT2D eigenvalue weighted by molar-refractivity contribution is 7.71.